The van der Waals surface area contributed by atoms with Gasteiger partial charge >= 0.3 is 0 Å². The van der Waals surface area contributed by atoms with Crippen molar-refractivity contribution in [1.29, 1.82) is 0 Å². The van der Waals surface area contributed by atoms with Crippen molar-refractivity contribution in [2.75, 3.05) is 0 Å². The average molecular weight is 918 g/mol. The molecule has 0 atom stereocenters. The Morgan fingerprint density at radius 3 is 0.538 bits per heavy atom. The van der Waals surface area contributed by atoms with Gasteiger partial charge in [-0.2, -0.15) is 0 Å². The van der Waals surface area contributed by atoms with Gasteiger partial charge in [0.05, 0.1) is 0 Å². The van der Waals surface area contributed by atoms with Gasteiger partial charge in [0.2, 0.25) is 0 Å². The second kappa shape index (κ2) is 48.9. The minimum absolute atomic E-state index is 0.00549. The maximum Gasteiger partial charge on any atom is 0.168 e. The molecule has 0 amide bonds. The Morgan fingerprint density at radius 1 is 0.185 bits per heavy atom. The first-order chi connectivity index (χ1) is 31.9. The topological polar surface area (TPSA) is 40.5 Å². The highest BCUT2D eigenvalue weighted by Gasteiger charge is 2.59. The van der Waals surface area contributed by atoms with Crippen molar-refractivity contribution in [2.45, 2.75) is 394 Å². The van der Waals surface area contributed by atoms with Gasteiger partial charge in [-0.25, -0.2) is 0 Å². The fourth-order valence-electron chi connectivity index (χ4n) is 12.2. The number of hydrogen-bond donors (Lipinski definition) is 2. The summed E-state index contributed by atoms with van der Waals surface area (Å²) in [7, 11) is 0. The standard InChI is InChI=1S/C63H128O2/c1-7-13-19-25-31-37-43-49-55-61(56-50-44-38-32-26-20-14-8-2,57-51-45-39-33-27-21-15-9-3)62(58-52-46-40-34-28-22-16-10-4,59-53-47-41-35-29-23-17-11-5)63(64,65)60-54-48-42-36-30-24-18-12-6/h64-65H,7-60H2,1-6H3. The highest BCUT2D eigenvalue weighted by atomic mass is 16.5. The number of aliphatic hydroxyl groups is 2. The zero-order chi connectivity index (χ0) is 47.7. The lowest BCUT2D eigenvalue weighted by molar-refractivity contribution is -0.296. The van der Waals surface area contributed by atoms with Gasteiger partial charge in [-0.1, -0.05) is 343 Å². The Hall–Kier alpha value is -0.0800. The van der Waals surface area contributed by atoms with E-state index in [0.717, 1.165) is 25.7 Å². The molecule has 0 aliphatic carbocycles. The second-order valence-electron chi connectivity index (χ2n) is 22.5. The summed E-state index contributed by atoms with van der Waals surface area (Å²) >= 11 is 0. The van der Waals surface area contributed by atoms with Crippen LogP contribution in [0.3, 0.4) is 0 Å². The summed E-state index contributed by atoms with van der Waals surface area (Å²) < 4.78 is 0. The van der Waals surface area contributed by atoms with E-state index in [-0.39, 0.29) is 5.41 Å². The van der Waals surface area contributed by atoms with Gasteiger partial charge in [0.1, 0.15) is 0 Å². The van der Waals surface area contributed by atoms with Crippen molar-refractivity contribution in [3.05, 3.63) is 0 Å². The van der Waals surface area contributed by atoms with Gasteiger partial charge < -0.3 is 10.2 Å². The van der Waals surface area contributed by atoms with Crippen LogP contribution in [0.5, 0.6) is 0 Å². The fourth-order valence-corrected chi connectivity index (χ4v) is 12.2. The largest absolute Gasteiger partial charge is 0.365 e. The van der Waals surface area contributed by atoms with Gasteiger partial charge in [-0.15, -0.1) is 0 Å². The van der Waals surface area contributed by atoms with Crippen molar-refractivity contribution in [3.8, 4) is 0 Å². The number of hydrogen-bond acceptors (Lipinski definition) is 2. The van der Waals surface area contributed by atoms with Gasteiger partial charge in [-0.05, 0) is 43.9 Å². The third-order valence-electron chi connectivity index (χ3n) is 16.6. The Morgan fingerprint density at radius 2 is 0.338 bits per heavy atom. The summed E-state index contributed by atoms with van der Waals surface area (Å²) in [6.07, 6.45) is 70.1. The molecule has 0 saturated carbocycles. The van der Waals surface area contributed by atoms with Crippen LogP contribution in [0.1, 0.15) is 388 Å². The molecule has 0 heterocycles. The molecule has 0 saturated heterocycles. The first-order valence-corrected chi connectivity index (χ1v) is 31.3. The van der Waals surface area contributed by atoms with Crippen LogP contribution < -0.4 is 0 Å². The molecular formula is C63H128O2. The predicted octanol–water partition coefficient (Wildman–Crippen LogP) is 22.8. The van der Waals surface area contributed by atoms with Crippen molar-refractivity contribution in [3.63, 3.8) is 0 Å². The first kappa shape index (κ1) is 64.9. The zero-order valence-corrected chi connectivity index (χ0v) is 46.6. The van der Waals surface area contributed by atoms with E-state index in [0.29, 0.717) is 6.42 Å². The quantitative estimate of drug-likeness (QED) is 0.0471. The summed E-state index contributed by atoms with van der Waals surface area (Å²) in [5.74, 6) is -1.60. The first-order valence-electron chi connectivity index (χ1n) is 31.3. The molecule has 2 heteroatoms. The maximum absolute atomic E-state index is 13.4. The zero-order valence-electron chi connectivity index (χ0n) is 46.6. The lowest BCUT2D eigenvalue weighted by Gasteiger charge is -2.58. The van der Waals surface area contributed by atoms with Gasteiger partial charge in [0, 0.05) is 11.8 Å². The van der Waals surface area contributed by atoms with E-state index < -0.39 is 11.2 Å². The van der Waals surface area contributed by atoms with Crippen molar-refractivity contribution in [1.82, 2.24) is 0 Å². The van der Waals surface area contributed by atoms with Crippen molar-refractivity contribution < 1.29 is 10.2 Å². The maximum atomic E-state index is 13.4. The van der Waals surface area contributed by atoms with Crippen molar-refractivity contribution in [2.24, 2.45) is 10.8 Å². The van der Waals surface area contributed by atoms with Crippen LogP contribution >= 0.6 is 0 Å². The molecule has 0 aromatic heterocycles. The molecule has 65 heavy (non-hydrogen) atoms. The SMILES string of the molecule is CCCCCCCCCCC(O)(O)C(CCCCCCCCCC)(CCCCCCCCCC)C(CCCCCCCCCC)(CCCCCCCCCC)CCCCCCCCCC. The Labute approximate surface area is 413 Å². The van der Waals surface area contributed by atoms with Crippen LogP contribution in [0, 0.1) is 10.8 Å². The summed E-state index contributed by atoms with van der Waals surface area (Å²) in [5, 5.41) is 26.7. The summed E-state index contributed by atoms with van der Waals surface area (Å²) in [5.41, 5.74) is -0.416. The van der Waals surface area contributed by atoms with E-state index in [1.54, 1.807) is 0 Å². The molecule has 0 spiro atoms. The molecule has 0 aliphatic rings. The summed E-state index contributed by atoms with van der Waals surface area (Å²) in [4.78, 5) is 0. The third kappa shape index (κ3) is 34.8. The molecule has 392 valence electrons. The van der Waals surface area contributed by atoms with E-state index in [1.165, 1.54) is 315 Å². The monoisotopic (exact) mass is 917 g/mol. The van der Waals surface area contributed by atoms with Crippen LogP contribution in [0.4, 0.5) is 0 Å². The molecule has 0 aliphatic heterocycles. The molecule has 0 aromatic rings. The Kier molecular flexibility index (Phi) is 48.9. The van der Waals surface area contributed by atoms with E-state index in [1.807, 2.05) is 0 Å². The lowest BCUT2D eigenvalue weighted by Crippen LogP contribution is -2.58. The molecule has 0 rings (SSSR count). The molecule has 0 unspecified atom stereocenters. The Balaban J connectivity index is 7.04. The average Bonchev–Trinajstić information content (AvgIpc) is 3.30. The van der Waals surface area contributed by atoms with E-state index >= 15 is 0 Å². The van der Waals surface area contributed by atoms with E-state index in [9.17, 15) is 10.2 Å². The number of rotatable bonds is 56. The second-order valence-corrected chi connectivity index (χ2v) is 22.5. The minimum Gasteiger partial charge on any atom is -0.365 e. The minimum atomic E-state index is -1.60. The molecule has 0 bridgehead atoms. The summed E-state index contributed by atoms with van der Waals surface area (Å²) in [6, 6.07) is 0. The van der Waals surface area contributed by atoms with Crippen LogP contribution in [0.15, 0.2) is 0 Å². The Bertz CT molecular complexity index is 823. The molecule has 2 N–H and O–H groups in total. The van der Waals surface area contributed by atoms with Crippen LogP contribution in [-0.2, 0) is 0 Å². The summed E-state index contributed by atoms with van der Waals surface area (Å²) in [6.45, 7) is 14.0. The smallest absolute Gasteiger partial charge is 0.168 e. The normalized spacial score (nSPS) is 12.6. The van der Waals surface area contributed by atoms with Crippen LogP contribution in [0.25, 0.3) is 0 Å². The van der Waals surface area contributed by atoms with Gasteiger partial charge in [0.15, 0.2) is 5.79 Å². The third-order valence-corrected chi connectivity index (χ3v) is 16.6. The molecule has 0 fully saturated rings. The molecular weight excluding hydrogens is 789 g/mol. The van der Waals surface area contributed by atoms with Crippen LogP contribution in [0.2, 0.25) is 0 Å². The highest BCUT2D eigenvalue weighted by Crippen LogP contribution is 2.62. The van der Waals surface area contributed by atoms with Gasteiger partial charge in [-0.3, -0.25) is 0 Å². The molecule has 2 nitrogen and oxygen atoms in total. The fraction of sp³-hybridized carbons (Fsp3) is 1.00. The van der Waals surface area contributed by atoms with Crippen LogP contribution in [-0.4, -0.2) is 16.0 Å². The number of unbranched alkanes of at least 4 members (excludes halogenated alkanes) is 42. The van der Waals surface area contributed by atoms with Crippen molar-refractivity contribution >= 4 is 0 Å². The highest BCUT2D eigenvalue weighted by molar-refractivity contribution is 5.05. The molecule has 0 aromatic carbocycles. The lowest BCUT2D eigenvalue weighted by atomic mass is 9.49. The van der Waals surface area contributed by atoms with E-state index in [4.69, 9.17) is 0 Å². The molecule has 0 radical (unpaired) electrons. The van der Waals surface area contributed by atoms with Gasteiger partial charge in [0.25, 0.3) is 0 Å². The predicted molar refractivity (Wildman–Crippen MR) is 295 cm³/mol. The van der Waals surface area contributed by atoms with E-state index in [2.05, 4.69) is 41.5 Å².